The molecule has 7 heteroatoms. The number of benzene rings is 3. The Kier molecular flexibility index (Phi) is 6.21. The van der Waals surface area contributed by atoms with Gasteiger partial charge in [-0.15, -0.1) is 0 Å². The number of nitrogens with one attached hydrogen (secondary N) is 1. The molecule has 5 rings (SSSR count). The number of H-pyrrole nitrogens is 1. The monoisotopic (exact) mass is 482 g/mol. The molecule has 1 aromatic heterocycles. The van der Waals surface area contributed by atoms with Gasteiger partial charge in [0.05, 0.1) is 25.8 Å². The molecule has 3 aromatic carbocycles. The van der Waals surface area contributed by atoms with Crippen molar-refractivity contribution in [1.29, 1.82) is 0 Å². The van der Waals surface area contributed by atoms with Gasteiger partial charge in [0.1, 0.15) is 17.3 Å². The van der Waals surface area contributed by atoms with Gasteiger partial charge in [0.15, 0.2) is 0 Å². The van der Waals surface area contributed by atoms with Crippen LogP contribution >= 0.6 is 0 Å². The smallest absolute Gasteiger partial charge is 0.295 e. The molecule has 1 amide bonds. The quantitative estimate of drug-likeness (QED) is 0.223. The average Bonchev–Trinajstić information content (AvgIpc) is 3.44. The summed E-state index contributed by atoms with van der Waals surface area (Å²) in [4.78, 5) is 31.3. The van der Waals surface area contributed by atoms with Crippen LogP contribution in [0.15, 0.2) is 84.6 Å². The van der Waals surface area contributed by atoms with Crippen molar-refractivity contribution in [2.75, 3.05) is 20.8 Å². The number of hydrogen-bond acceptors (Lipinski definition) is 5. The third-order valence-corrected chi connectivity index (χ3v) is 6.59. The van der Waals surface area contributed by atoms with Crippen LogP contribution in [0.4, 0.5) is 0 Å². The largest absolute Gasteiger partial charge is 0.507 e. The summed E-state index contributed by atoms with van der Waals surface area (Å²) in [5.74, 6) is -0.201. The van der Waals surface area contributed by atoms with Crippen molar-refractivity contribution in [3.05, 3.63) is 101 Å². The maximum atomic E-state index is 13.3. The first-order valence-electron chi connectivity index (χ1n) is 11.6. The molecule has 1 atom stereocenters. The number of ether oxygens (including phenoxy) is 2. The number of nitrogens with zero attached hydrogens (tertiary/aromatic N) is 1. The number of likely N-dealkylation sites (tertiary alicyclic amines) is 1. The first-order chi connectivity index (χ1) is 17.5. The van der Waals surface area contributed by atoms with Gasteiger partial charge in [-0.3, -0.25) is 9.59 Å². The van der Waals surface area contributed by atoms with Crippen molar-refractivity contribution in [3.8, 4) is 11.5 Å². The summed E-state index contributed by atoms with van der Waals surface area (Å²) in [6, 6.07) is 21.1. The van der Waals surface area contributed by atoms with Gasteiger partial charge < -0.3 is 24.5 Å². The topological polar surface area (TPSA) is 91.9 Å². The third kappa shape index (κ3) is 4.09. The van der Waals surface area contributed by atoms with Crippen molar-refractivity contribution >= 4 is 28.4 Å². The normalized spacial score (nSPS) is 17.1. The molecule has 2 heterocycles. The second-order valence-corrected chi connectivity index (χ2v) is 8.61. The Hall–Kier alpha value is -4.52. The van der Waals surface area contributed by atoms with E-state index in [4.69, 9.17) is 9.47 Å². The molecule has 182 valence electrons. The van der Waals surface area contributed by atoms with E-state index in [0.29, 0.717) is 23.3 Å². The van der Waals surface area contributed by atoms with Crippen LogP contribution in [-0.4, -0.2) is 47.4 Å². The first kappa shape index (κ1) is 23.2. The number of methoxy groups -OCH3 is 2. The van der Waals surface area contributed by atoms with Crippen molar-refractivity contribution in [3.63, 3.8) is 0 Å². The Labute approximate surface area is 208 Å². The SMILES string of the molecule is COc1cccc(C2/C(=C(/O)c3ccccc3)C(=O)C(=O)N2CCc2c[nH]c3ccc(OC)cc23)c1. The summed E-state index contributed by atoms with van der Waals surface area (Å²) >= 11 is 0. The number of ketones is 1. The molecule has 0 radical (unpaired) electrons. The lowest BCUT2D eigenvalue weighted by Gasteiger charge is -2.25. The highest BCUT2D eigenvalue weighted by atomic mass is 16.5. The van der Waals surface area contributed by atoms with Gasteiger partial charge in [-0.2, -0.15) is 0 Å². The lowest BCUT2D eigenvalue weighted by molar-refractivity contribution is -0.139. The highest BCUT2D eigenvalue weighted by Crippen LogP contribution is 2.40. The maximum absolute atomic E-state index is 13.3. The van der Waals surface area contributed by atoms with Crippen molar-refractivity contribution in [2.45, 2.75) is 12.5 Å². The Morgan fingerprint density at radius 1 is 0.944 bits per heavy atom. The van der Waals surface area contributed by atoms with Crippen LogP contribution in [0.25, 0.3) is 16.7 Å². The lowest BCUT2D eigenvalue weighted by Crippen LogP contribution is -2.31. The van der Waals surface area contributed by atoms with Crippen LogP contribution in [0.3, 0.4) is 0 Å². The molecular weight excluding hydrogens is 456 g/mol. The van der Waals surface area contributed by atoms with E-state index in [1.54, 1.807) is 50.6 Å². The fraction of sp³-hybridized carbons (Fsp3) is 0.172. The summed E-state index contributed by atoms with van der Waals surface area (Å²) in [7, 11) is 3.18. The Morgan fingerprint density at radius 3 is 2.44 bits per heavy atom. The van der Waals surface area contributed by atoms with Crippen LogP contribution in [0.2, 0.25) is 0 Å². The predicted molar refractivity (Wildman–Crippen MR) is 137 cm³/mol. The number of rotatable bonds is 7. The Bertz CT molecular complexity index is 1470. The zero-order chi connectivity index (χ0) is 25.2. The zero-order valence-corrected chi connectivity index (χ0v) is 20.0. The zero-order valence-electron chi connectivity index (χ0n) is 20.0. The molecule has 0 saturated carbocycles. The number of Topliss-reactive ketones (excluding diaryl/α,β-unsaturated/α-hetero) is 1. The maximum Gasteiger partial charge on any atom is 0.295 e. The van der Waals surface area contributed by atoms with Gasteiger partial charge in [0, 0.05) is 29.2 Å². The molecule has 1 aliphatic heterocycles. The summed E-state index contributed by atoms with van der Waals surface area (Å²) in [6.07, 6.45) is 2.41. The second-order valence-electron chi connectivity index (χ2n) is 8.61. The van der Waals surface area contributed by atoms with E-state index in [1.165, 1.54) is 4.90 Å². The summed E-state index contributed by atoms with van der Waals surface area (Å²) in [5.41, 5.74) is 3.19. The third-order valence-electron chi connectivity index (χ3n) is 6.59. The van der Waals surface area contributed by atoms with Crippen LogP contribution in [-0.2, 0) is 16.0 Å². The van der Waals surface area contributed by atoms with E-state index in [2.05, 4.69) is 4.98 Å². The molecule has 1 fully saturated rings. The number of amides is 1. The fourth-order valence-corrected chi connectivity index (χ4v) is 4.75. The average molecular weight is 483 g/mol. The van der Waals surface area contributed by atoms with Crippen LogP contribution in [0, 0.1) is 0 Å². The highest BCUT2D eigenvalue weighted by Gasteiger charge is 2.46. The van der Waals surface area contributed by atoms with Gasteiger partial charge in [0.2, 0.25) is 0 Å². The molecule has 36 heavy (non-hydrogen) atoms. The number of aromatic amines is 1. The van der Waals surface area contributed by atoms with E-state index in [0.717, 1.165) is 22.2 Å². The molecule has 1 aliphatic rings. The first-order valence-corrected chi connectivity index (χ1v) is 11.6. The van der Waals surface area contributed by atoms with E-state index in [-0.39, 0.29) is 17.9 Å². The molecule has 4 aromatic rings. The van der Waals surface area contributed by atoms with Crippen molar-refractivity contribution < 1.29 is 24.2 Å². The number of aromatic nitrogens is 1. The van der Waals surface area contributed by atoms with E-state index in [1.807, 2.05) is 42.6 Å². The lowest BCUT2D eigenvalue weighted by atomic mass is 9.95. The van der Waals surface area contributed by atoms with E-state index in [9.17, 15) is 14.7 Å². The van der Waals surface area contributed by atoms with Crippen molar-refractivity contribution in [2.24, 2.45) is 0 Å². The summed E-state index contributed by atoms with van der Waals surface area (Å²) in [5, 5.41) is 12.2. The summed E-state index contributed by atoms with van der Waals surface area (Å²) in [6.45, 7) is 0.280. The molecule has 1 unspecified atom stereocenters. The summed E-state index contributed by atoms with van der Waals surface area (Å²) < 4.78 is 10.8. The number of hydrogen-bond donors (Lipinski definition) is 2. The molecule has 0 spiro atoms. The van der Waals surface area contributed by atoms with Gasteiger partial charge in [-0.05, 0) is 47.9 Å². The minimum absolute atomic E-state index is 0.0695. The minimum atomic E-state index is -0.750. The molecule has 2 N–H and O–H groups in total. The van der Waals surface area contributed by atoms with Gasteiger partial charge >= 0.3 is 0 Å². The fourth-order valence-electron chi connectivity index (χ4n) is 4.75. The number of aliphatic hydroxyl groups excluding tert-OH is 1. The van der Waals surface area contributed by atoms with Crippen molar-refractivity contribution in [1.82, 2.24) is 9.88 Å². The Balaban J connectivity index is 1.56. The minimum Gasteiger partial charge on any atom is -0.507 e. The predicted octanol–water partition coefficient (Wildman–Crippen LogP) is 4.85. The van der Waals surface area contributed by atoms with Crippen LogP contribution < -0.4 is 9.47 Å². The molecule has 1 saturated heterocycles. The number of carbonyl (C=O) groups is 2. The Morgan fingerprint density at radius 2 is 1.69 bits per heavy atom. The van der Waals surface area contributed by atoms with Crippen LogP contribution in [0.1, 0.15) is 22.7 Å². The number of fused-ring (bicyclic) bond motifs is 1. The van der Waals surface area contributed by atoms with E-state index >= 15 is 0 Å². The van der Waals surface area contributed by atoms with Gasteiger partial charge in [-0.1, -0.05) is 42.5 Å². The molecular formula is C29H26N2O5. The van der Waals surface area contributed by atoms with Crippen LogP contribution in [0.5, 0.6) is 11.5 Å². The van der Waals surface area contributed by atoms with Gasteiger partial charge in [0.25, 0.3) is 11.7 Å². The van der Waals surface area contributed by atoms with E-state index < -0.39 is 17.7 Å². The standard InChI is InChI=1S/C29H26N2O5/c1-35-21-10-6-9-19(15-21)26-25(27(32)18-7-4-3-5-8-18)28(33)29(34)31(26)14-13-20-17-30-24-12-11-22(36-2)16-23(20)24/h3-12,15-17,26,30,32H,13-14H2,1-2H3/b27-25-. The number of aliphatic hydroxyl groups is 1. The molecule has 0 aliphatic carbocycles. The van der Waals surface area contributed by atoms with Gasteiger partial charge in [-0.25, -0.2) is 0 Å². The molecule has 0 bridgehead atoms. The second kappa shape index (κ2) is 9.62. The number of carbonyl (C=O) groups excluding carboxylic acids is 2. The molecule has 7 nitrogen and oxygen atoms in total. The highest BCUT2D eigenvalue weighted by molar-refractivity contribution is 6.46.